The van der Waals surface area contributed by atoms with Crippen LogP contribution in [0.25, 0.3) is 44.9 Å². The number of hydrogen-bond acceptors (Lipinski definition) is 4. The van der Waals surface area contributed by atoms with E-state index in [1.165, 1.54) is 11.1 Å². The van der Waals surface area contributed by atoms with Gasteiger partial charge >= 0.3 is 0 Å². The highest BCUT2D eigenvalue weighted by molar-refractivity contribution is 5.94. The van der Waals surface area contributed by atoms with Gasteiger partial charge in [-0.1, -0.05) is 97.1 Å². The molecule has 0 saturated carbocycles. The molecule has 0 saturated heterocycles. The molecule has 5 nitrogen and oxygen atoms in total. The first-order valence-electron chi connectivity index (χ1n) is 16.8. The number of nitriles is 3. The van der Waals surface area contributed by atoms with Gasteiger partial charge in [-0.25, -0.2) is 0 Å². The van der Waals surface area contributed by atoms with Gasteiger partial charge in [0.25, 0.3) is 0 Å². The summed E-state index contributed by atoms with van der Waals surface area (Å²) in [6, 6.07) is 41.7. The van der Waals surface area contributed by atoms with Crippen molar-refractivity contribution < 1.29 is 0 Å². The number of hydrogen-bond donors (Lipinski definition) is 0. The van der Waals surface area contributed by atoms with E-state index in [1.807, 2.05) is 54.6 Å². The maximum absolute atomic E-state index is 10.6. The summed E-state index contributed by atoms with van der Waals surface area (Å²) in [6.45, 7) is 0.640. The van der Waals surface area contributed by atoms with Crippen molar-refractivity contribution in [3.63, 3.8) is 0 Å². The van der Waals surface area contributed by atoms with Crippen LogP contribution in [-0.2, 0) is 12.8 Å². The molecule has 0 radical (unpaired) electrons. The fraction of sp³-hybridized carbons (Fsp3) is 0.0889. The molecule has 236 valence electrons. The van der Waals surface area contributed by atoms with Gasteiger partial charge in [0, 0.05) is 34.4 Å². The van der Waals surface area contributed by atoms with E-state index in [0.29, 0.717) is 23.2 Å². The Bertz CT molecular complexity index is 2520. The highest BCUT2D eigenvalue weighted by Gasteiger charge is 2.24. The van der Waals surface area contributed by atoms with Gasteiger partial charge in [-0.3, -0.25) is 0 Å². The van der Waals surface area contributed by atoms with Gasteiger partial charge in [-0.2, -0.15) is 15.8 Å². The molecule has 1 aromatic heterocycles. The lowest BCUT2D eigenvalue weighted by atomic mass is 9.94. The molecule has 6 aromatic rings. The van der Waals surface area contributed by atoms with Crippen molar-refractivity contribution in [2.45, 2.75) is 19.3 Å². The molecule has 50 heavy (non-hydrogen) atoms. The van der Waals surface area contributed by atoms with Gasteiger partial charge in [0.05, 0.1) is 39.7 Å². The number of para-hydroxylation sites is 2. The van der Waals surface area contributed by atoms with Gasteiger partial charge in [0.15, 0.2) is 0 Å². The van der Waals surface area contributed by atoms with Crippen LogP contribution in [0.3, 0.4) is 0 Å². The molecule has 5 aromatic carbocycles. The second kappa shape index (κ2) is 13.0. The third-order valence-electron chi connectivity index (χ3n) is 9.70. The summed E-state index contributed by atoms with van der Waals surface area (Å²) < 4.78 is 2.19. The molecular weight excluding hydrogens is 611 g/mol. The van der Waals surface area contributed by atoms with Gasteiger partial charge in [-0.15, -0.1) is 0 Å². The van der Waals surface area contributed by atoms with Crippen molar-refractivity contribution >= 4 is 28.4 Å². The lowest BCUT2D eigenvalue weighted by molar-refractivity contribution is 0.967. The van der Waals surface area contributed by atoms with E-state index < -0.39 is 0 Å². The quantitative estimate of drug-likeness (QED) is 0.192. The maximum Gasteiger partial charge on any atom is 0.102 e. The monoisotopic (exact) mass is 641 g/mol. The van der Waals surface area contributed by atoms with Crippen molar-refractivity contribution in [1.82, 2.24) is 4.57 Å². The fourth-order valence-electron chi connectivity index (χ4n) is 7.40. The van der Waals surface area contributed by atoms with E-state index in [0.717, 1.165) is 75.2 Å². The average Bonchev–Trinajstić information content (AvgIpc) is 3.55. The number of allylic oxidation sites excluding steroid dienone is 4. The van der Waals surface area contributed by atoms with Crippen LogP contribution in [-0.4, -0.2) is 11.1 Å². The Labute approximate surface area is 291 Å². The third-order valence-corrected chi connectivity index (χ3v) is 9.70. The highest BCUT2D eigenvalue weighted by Crippen LogP contribution is 2.41. The molecule has 0 fully saturated rings. The van der Waals surface area contributed by atoms with Crippen LogP contribution in [0.15, 0.2) is 134 Å². The van der Waals surface area contributed by atoms with Crippen LogP contribution in [0, 0.1) is 34.0 Å². The lowest BCUT2D eigenvalue weighted by Gasteiger charge is -2.27. The standard InChI is InChI=1S/C45H31N5/c46-28-31-20-25-44-39(27-31)38-14-5-7-18-43(38)50(44)45-35(29-47)13-9-16-37(45)33-23-21-32(22-24-33)36-15-10-19-42(40(36)30-48)49-26-8-2-1-3-11-34-12-4-6-17-41(34)49/h1-4,6-10,12-13,15-25,27H,5,11,14,26H2/b3-1-,8-2-. The lowest BCUT2D eigenvalue weighted by Crippen LogP contribution is -2.19. The van der Waals surface area contributed by atoms with Gasteiger partial charge in [0.2, 0.25) is 0 Å². The van der Waals surface area contributed by atoms with E-state index in [9.17, 15) is 15.8 Å². The van der Waals surface area contributed by atoms with E-state index >= 15 is 0 Å². The number of aromatic nitrogens is 1. The predicted octanol–water partition coefficient (Wildman–Crippen LogP) is 10.3. The van der Waals surface area contributed by atoms with Crippen LogP contribution in [0.5, 0.6) is 0 Å². The molecular formula is C45H31N5. The van der Waals surface area contributed by atoms with Crippen molar-refractivity contribution in [1.29, 1.82) is 15.8 Å². The Balaban J connectivity index is 1.24. The molecule has 0 bridgehead atoms. The average molecular weight is 642 g/mol. The minimum absolute atomic E-state index is 0.572. The SMILES string of the molecule is N#Cc1ccc2c(c1)c1c(n2-c2c(C#N)cccc2-c2ccc(-c3cccc(N4C/C=C\C=C/Cc5ccccc54)c3C#N)cc2)C=CCC1. The number of nitrogens with zero attached hydrogens (tertiary/aromatic N) is 5. The second-order valence-electron chi connectivity index (χ2n) is 12.5. The van der Waals surface area contributed by atoms with Crippen LogP contribution < -0.4 is 4.90 Å². The van der Waals surface area contributed by atoms with E-state index in [2.05, 4.69) is 113 Å². The van der Waals surface area contributed by atoms with Gasteiger partial charge < -0.3 is 9.47 Å². The Morgan fingerprint density at radius 3 is 2.22 bits per heavy atom. The predicted molar refractivity (Wildman–Crippen MR) is 201 cm³/mol. The van der Waals surface area contributed by atoms with Crippen LogP contribution in [0.1, 0.15) is 39.9 Å². The summed E-state index contributed by atoms with van der Waals surface area (Å²) in [7, 11) is 0. The number of benzene rings is 5. The largest absolute Gasteiger partial charge is 0.336 e. The van der Waals surface area contributed by atoms with Crippen LogP contribution >= 0.6 is 0 Å². The second-order valence-corrected chi connectivity index (χ2v) is 12.5. The molecule has 0 spiro atoms. The van der Waals surface area contributed by atoms with Crippen molar-refractivity contribution in [2.24, 2.45) is 0 Å². The Hall–Kier alpha value is -6.87. The molecule has 8 rings (SSSR count). The van der Waals surface area contributed by atoms with Crippen molar-refractivity contribution in [3.05, 3.63) is 167 Å². The van der Waals surface area contributed by atoms with Crippen LogP contribution in [0.4, 0.5) is 11.4 Å². The summed E-state index contributed by atoms with van der Waals surface area (Å²) in [5, 5.41) is 31.7. The molecule has 0 unspecified atom stereocenters. The summed E-state index contributed by atoms with van der Waals surface area (Å²) in [4.78, 5) is 2.23. The first-order valence-corrected chi connectivity index (χ1v) is 16.8. The summed E-state index contributed by atoms with van der Waals surface area (Å²) >= 11 is 0. The summed E-state index contributed by atoms with van der Waals surface area (Å²) in [6.07, 6.45) is 15.4. The first-order chi connectivity index (χ1) is 24.7. The number of aryl methyl sites for hydroxylation is 1. The zero-order valence-corrected chi connectivity index (χ0v) is 27.3. The molecule has 2 aliphatic rings. The van der Waals surface area contributed by atoms with E-state index in [-0.39, 0.29) is 0 Å². The molecule has 1 aliphatic carbocycles. The Kier molecular flexibility index (Phi) is 7.90. The number of fused-ring (bicyclic) bond motifs is 4. The van der Waals surface area contributed by atoms with Crippen molar-refractivity contribution in [3.8, 4) is 46.1 Å². The molecule has 0 atom stereocenters. The Morgan fingerprint density at radius 1 is 0.640 bits per heavy atom. The molecule has 2 heterocycles. The van der Waals surface area contributed by atoms with Crippen LogP contribution in [0.2, 0.25) is 0 Å². The van der Waals surface area contributed by atoms with E-state index in [1.54, 1.807) is 0 Å². The third kappa shape index (κ3) is 5.18. The maximum atomic E-state index is 10.6. The Morgan fingerprint density at radius 2 is 1.40 bits per heavy atom. The number of anilines is 2. The molecule has 0 N–H and O–H groups in total. The van der Waals surface area contributed by atoms with E-state index in [4.69, 9.17) is 0 Å². The first kappa shape index (κ1) is 30.5. The smallest absolute Gasteiger partial charge is 0.102 e. The highest BCUT2D eigenvalue weighted by atomic mass is 15.1. The minimum atomic E-state index is 0.572. The van der Waals surface area contributed by atoms with Gasteiger partial charge in [0.1, 0.15) is 12.1 Å². The topological polar surface area (TPSA) is 79.5 Å². The molecule has 0 amide bonds. The zero-order chi connectivity index (χ0) is 34.0. The number of rotatable bonds is 4. The molecule has 5 heteroatoms. The summed E-state index contributed by atoms with van der Waals surface area (Å²) in [5.41, 5.74) is 12.7. The zero-order valence-electron chi connectivity index (χ0n) is 27.3. The summed E-state index contributed by atoms with van der Waals surface area (Å²) in [5.74, 6) is 0. The van der Waals surface area contributed by atoms with Crippen molar-refractivity contribution in [2.75, 3.05) is 11.4 Å². The normalized spacial score (nSPS) is 14.6. The molecule has 1 aliphatic heterocycles. The fourth-order valence-corrected chi connectivity index (χ4v) is 7.40. The van der Waals surface area contributed by atoms with Gasteiger partial charge in [-0.05, 0) is 84.0 Å². The minimum Gasteiger partial charge on any atom is -0.336 e.